The molecule has 110 valence electrons. The van der Waals surface area contributed by atoms with Crippen LogP contribution >= 0.6 is 39.0 Å². The van der Waals surface area contributed by atoms with Gasteiger partial charge in [0.05, 0.1) is 13.4 Å². The fourth-order valence-electron chi connectivity index (χ4n) is 2.31. The number of oxime groups is 1. The van der Waals surface area contributed by atoms with Crippen LogP contribution in [-0.4, -0.2) is 45.9 Å². The van der Waals surface area contributed by atoms with Gasteiger partial charge in [-0.1, -0.05) is 5.16 Å². The van der Waals surface area contributed by atoms with E-state index in [9.17, 15) is 4.79 Å². The molecule has 0 spiro atoms. The number of amides is 1. The van der Waals surface area contributed by atoms with Crippen molar-refractivity contribution in [1.29, 1.82) is 0 Å². The number of hydrogen-bond donors (Lipinski definition) is 2. The van der Waals surface area contributed by atoms with E-state index in [-0.39, 0.29) is 16.5 Å². The number of carbonyl (C=O) groups excluding carboxylic acids is 1. The first-order valence-corrected chi connectivity index (χ1v) is 8.93. The lowest BCUT2D eigenvalue weighted by molar-refractivity contribution is 0.0723. The van der Waals surface area contributed by atoms with Crippen LogP contribution in [0.5, 0.6) is 0 Å². The first-order chi connectivity index (χ1) is 9.52. The molecular formula is C12H16BrN3O2S2. The Balaban J connectivity index is 2.06. The molecule has 0 radical (unpaired) electrons. The zero-order valence-corrected chi connectivity index (χ0v) is 14.2. The van der Waals surface area contributed by atoms with E-state index in [1.807, 2.05) is 23.3 Å². The molecule has 2 rings (SSSR count). The van der Waals surface area contributed by atoms with Crippen molar-refractivity contribution in [3.8, 4) is 0 Å². The third kappa shape index (κ3) is 2.96. The van der Waals surface area contributed by atoms with Gasteiger partial charge in [0.1, 0.15) is 0 Å². The van der Waals surface area contributed by atoms with Crippen molar-refractivity contribution in [2.75, 3.05) is 19.3 Å². The van der Waals surface area contributed by atoms with E-state index in [0.717, 1.165) is 8.66 Å². The lowest BCUT2D eigenvalue weighted by Crippen LogP contribution is -2.51. The highest BCUT2D eigenvalue weighted by Crippen LogP contribution is 2.35. The number of likely N-dealkylation sites (tertiary alicyclic amines) is 1. The number of carbonyl (C=O) groups is 1. The van der Waals surface area contributed by atoms with Crippen LogP contribution in [0.2, 0.25) is 0 Å². The van der Waals surface area contributed by atoms with Crippen LogP contribution in [0.4, 0.5) is 0 Å². The number of hydrogen-bond acceptors (Lipinski definition) is 5. The molecule has 2 heterocycles. The summed E-state index contributed by atoms with van der Waals surface area (Å²) in [6.45, 7) is 1.23. The van der Waals surface area contributed by atoms with Gasteiger partial charge in [0.25, 0.3) is 5.91 Å². The molecule has 0 aromatic carbocycles. The number of nitrogens with two attached hydrogens (primary N) is 1. The molecular weight excluding hydrogens is 362 g/mol. The van der Waals surface area contributed by atoms with Gasteiger partial charge < -0.3 is 15.8 Å². The van der Waals surface area contributed by atoms with Crippen LogP contribution in [0.15, 0.2) is 21.1 Å². The van der Waals surface area contributed by atoms with Crippen molar-refractivity contribution in [2.45, 2.75) is 17.6 Å². The minimum Gasteiger partial charge on any atom is -0.409 e. The van der Waals surface area contributed by atoms with Crippen LogP contribution in [0, 0.1) is 0 Å². The Hall–Kier alpha value is -0.730. The van der Waals surface area contributed by atoms with Gasteiger partial charge in [-0.05, 0) is 47.2 Å². The van der Waals surface area contributed by atoms with Crippen molar-refractivity contribution >= 4 is 50.8 Å². The Morgan fingerprint density at radius 2 is 2.20 bits per heavy atom. The van der Waals surface area contributed by atoms with Gasteiger partial charge in [-0.15, -0.1) is 11.3 Å². The van der Waals surface area contributed by atoms with Crippen LogP contribution < -0.4 is 5.73 Å². The van der Waals surface area contributed by atoms with Crippen LogP contribution in [0.1, 0.15) is 22.5 Å². The van der Waals surface area contributed by atoms with Gasteiger partial charge >= 0.3 is 0 Å². The zero-order valence-electron chi connectivity index (χ0n) is 11.0. The Morgan fingerprint density at radius 3 is 2.65 bits per heavy atom. The summed E-state index contributed by atoms with van der Waals surface area (Å²) in [5.41, 5.74) is 5.80. The monoisotopic (exact) mass is 377 g/mol. The number of thiophene rings is 1. The molecule has 3 N–H and O–H groups in total. The highest BCUT2D eigenvalue weighted by molar-refractivity contribution is 9.11. The van der Waals surface area contributed by atoms with Crippen molar-refractivity contribution in [2.24, 2.45) is 10.9 Å². The van der Waals surface area contributed by atoms with Gasteiger partial charge in [-0.3, -0.25) is 4.79 Å². The summed E-state index contributed by atoms with van der Waals surface area (Å²) in [6, 6.07) is 3.71. The second-order valence-electron chi connectivity index (χ2n) is 4.58. The second kappa shape index (κ2) is 6.36. The molecule has 0 atom stereocenters. The fraction of sp³-hybridized carbons (Fsp3) is 0.500. The molecule has 1 saturated heterocycles. The highest BCUT2D eigenvalue weighted by atomic mass is 79.9. The Morgan fingerprint density at radius 1 is 1.55 bits per heavy atom. The number of piperidine rings is 1. The molecule has 1 amide bonds. The van der Waals surface area contributed by atoms with Crippen LogP contribution in [0.25, 0.3) is 0 Å². The van der Waals surface area contributed by atoms with Gasteiger partial charge in [0.15, 0.2) is 5.84 Å². The highest BCUT2D eigenvalue weighted by Gasteiger charge is 2.39. The minimum absolute atomic E-state index is 0.0508. The molecule has 1 aliphatic heterocycles. The van der Waals surface area contributed by atoms with E-state index in [1.165, 1.54) is 11.3 Å². The topological polar surface area (TPSA) is 78.9 Å². The number of rotatable bonds is 3. The molecule has 8 heteroatoms. The maximum absolute atomic E-state index is 12.3. The maximum atomic E-state index is 12.3. The third-order valence-corrected chi connectivity index (χ3v) is 6.62. The predicted molar refractivity (Wildman–Crippen MR) is 86.8 cm³/mol. The molecule has 1 fully saturated rings. The minimum atomic E-state index is -0.360. The SMILES string of the molecule is CSC1(C(N)=NO)CCN(C(=O)c2ccc(Br)s2)CC1. The summed E-state index contributed by atoms with van der Waals surface area (Å²) in [6.07, 6.45) is 3.34. The van der Waals surface area contributed by atoms with Crippen molar-refractivity contribution < 1.29 is 10.0 Å². The van der Waals surface area contributed by atoms with E-state index in [2.05, 4.69) is 21.1 Å². The standard InChI is InChI=1S/C12H16BrN3O2S2/c1-19-12(11(14)15-18)4-6-16(7-5-12)10(17)8-2-3-9(13)20-8/h2-3,18H,4-7H2,1H3,(H2,14,15). The van der Waals surface area contributed by atoms with Gasteiger partial charge in [0.2, 0.25) is 0 Å². The lowest BCUT2D eigenvalue weighted by Gasteiger charge is -2.39. The van der Waals surface area contributed by atoms with E-state index in [4.69, 9.17) is 10.9 Å². The van der Waals surface area contributed by atoms with Crippen LogP contribution in [-0.2, 0) is 0 Å². The summed E-state index contributed by atoms with van der Waals surface area (Å²) >= 11 is 6.39. The normalized spacial score (nSPS) is 19.1. The third-order valence-electron chi connectivity index (χ3n) is 3.61. The molecule has 0 bridgehead atoms. The summed E-state index contributed by atoms with van der Waals surface area (Å²) in [5.74, 6) is 0.297. The average Bonchev–Trinajstić information content (AvgIpc) is 2.92. The van der Waals surface area contributed by atoms with E-state index in [1.54, 1.807) is 11.8 Å². The molecule has 0 saturated carbocycles. The van der Waals surface area contributed by atoms with E-state index < -0.39 is 0 Å². The molecule has 1 aliphatic rings. The largest absolute Gasteiger partial charge is 0.409 e. The quantitative estimate of drug-likeness (QED) is 0.367. The lowest BCUT2D eigenvalue weighted by atomic mass is 9.94. The van der Waals surface area contributed by atoms with Crippen molar-refractivity contribution in [1.82, 2.24) is 4.90 Å². The molecule has 0 aliphatic carbocycles. The molecule has 0 unspecified atom stereocenters. The smallest absolute Gasteiger partial charge is 0.263 e. The zero-order chi connectivity index (χ0) is 14.8. The second-order valence-corrected chi connectivity index (χ2v) is 8.23. The summed E-state index contributed by atoms with van der Waals surface area (Å²) in [4.78, 5) is 14.9. The number of halogens is 1. The maximum Gasteiger partial charge on any atom is 0.263 e. The molecule has 1 aromatic heterocycles. The van der Waals surface area contributed by atoms with E-state index in [0.29, 0.717) is 25.9 Å². The van der Waals surface area contributed by atoms with E-state index >= 15 is 0 Å². The summed E-state index contributed by atoms with van der Waals surface area (Å²) < 4.78 is 0.592. The summed E-state index contributed by atoms with van der Waals surface area (Å²) in [7, 11) is 0. The molecule has 5 nitrogen and oxygen atoms in total. The number of amidine groups is 1. The number of thioether (sulfide) groups is 1. The Kier molecular flexibility index (Phi) is 4.98. The fourth-order valence-corrected chi connectivity index (χ4v) is 4.51. The first kappa shape index (κ1) is 15.7. The van der Waals surface area contributed by atoms with Gasteiger partial charge in [-0.25, -0.2) is 0 Å². The van der Waals surface area contributed by atoms with Gasteiger partial charge in [-0.2, -0.15) is 11.8 Å². The molecule has 20 heavy (non-hydrogen) atoms. The predicted octanol–water partition coefficient (Wildman–Crippen LogP) is 2.59. The first-order valence-electron chi connectivity index (χ1n) is 6.10. The Bertz CT molecular complexity index is 525. The molecule has 1 aromatic rings. The van der Waals surface area contributed by atoms with Gasteiger partial charge in [0, 0.05) is 13.1 Å². The van der Waals surface area contributed by atoms with Crippen LogP contribution in [0.3, 0.4) is 0 Å². The van der Waals surface area contributed by atoms with Crippen molar-refractivity contribution in [3.63, 3.8) is 0 Å². The van der Waals surface area contributed by atoms with Crippen molar-refractivity contribution in [3.05, 3.63) is 20.8 Å². The Labute approximate surface area is 134 Å². The number of nitrogens with zero attached hydrogens (tertiary/aromatic N) is 2. The summed E-state index contributed by atoms with van der Waals surface area (Å²) in [5, 5.41) is 12.1. The average molecular weight is 378 g/mol.